The van der Waals surface area contributed by atoms with Gasteiger partial charge in [0.05, 0.1) is 6.10 Å². The summed E-state index contributed by atoms with van der Waals surface area (Å²) >= 11 is 0. The van der Waals surface area contributed by atoms with E-state index in [4.69, 9.17) is 0 Å². The van der Waals surface area contributed by atoms with E-state index in [2.05, 4.69) is 10.3 Å². The van der Waals surface area contributed by atoms with Crippen LogP contribution in [0.1, 0.15) is 38.1 Å². The number of aliphatic hydroxyl groups excluding tert-OH is 1. The number of hydrogen-bond acceptors (Lipinski definition) is 3. The maximum atomic E-state index is 12.4. The molecule has 0 fully saturated rings. The second-order valence-corrected chi connectivity index (χ2v) is 5.12. The van der Waals surface area contributed by atoms with Gasteiger partial charge < -0.3 is 10.4 Å². The van der Waals surface area contributed by atoms with Crippen LogP contribution < -0.4 is 5.32 Å². The van der Waals surface area contributed by atoms with Crippen molar-refractivity contribution in [3.8, 4) is 0 Å². The predicted octanol–water partition coefficient (Wildman–Crippen LogP) is 2.52. The molecule has 18 heavy (non-hydrogen) atoms. The van der Waals surface area contributed by atoms with Crippen LogP contribution in [0.3, 0.4) is 0 Å². The highest BCUT2D eigenvalue weighted by molar-refractivity contribution is 5.20. The van der Waals surface area contributed by atoms with Crippen molar-refractivity contribution in [1.29, 1.82) is 0 Å². The van der Waals surface area contributed by atoms with Gasteiger partial charge in [0.25, 0.3) is 0 Å². The SMILES string of the molecule is CC(C)(C)NC[C@@H](O)c1ccnc(C(F)(F)F)c1. The van der Waals surface area contributed by atoms with Crippen LogP contribution in [0.15, 0.2) is 18.3 Å². The molecule has 0 aliphatic heterocycles. The molecule has 1 aromatic heterocycles. The van der Waals surface area contributed by atoms with Crippen molar-refractivity contribution >= 4 is 0 Å². The first kappa shape index (κ1) is 14.9. The summed E-state index contributed by atoms with van der Waals surface area (Å²) in [6.07, 6.45) is -4.43. The molecule has 0 unspecified atom stereocenters. The number of hydrogen-bond donors (Lipinski definition) is 2. The molecular weight excluding hydrogens is 245 g/mol. The Bertz CT molecular complexity index is 399. The average molecular weight is 262 g/mol. The Morgan fingerprint density at radius 2 is 1.94 bits per heavy atom. The van der Waals surface area contributed by atoms with E-state index >= 15 is 0 Å². The van der Waals surface area contributed by atoms with Crippen LogP contribution in [0, 0.1) is 0 Å². The van der Waals surface area contributed by atoms with Gasteiger partial charge in [-0.05, 0) is 38.5 Å². The van der Waals surface area contributed by atoms with Gasteiger partial charge in [0.1, 0.15) is 5.69 Å². The molecular formula is C12H17F3N2O. The molecule has 3 nitrogen and oxygen atoms in total. The number of aliphatic hydroxyl groups is 1. The quantitative estimate of drug-likeness (QED) is 0.879. The van der Waals surface area contributed by atoms with Crippen LogP contribution in [0.5, 0.6) is 0 Å². The maximum Gasteiger partial charge on any atom is 0.433 e. The van der Waals surface area contributed by atoms with E-state index in [-0.39, 0.29) is 17.6 Å². The number of β-amino-alcohol motifs (C(OH)–C–C–N with tert-alkyl or cyclic N) is 1. The molecule has 0 saturated carbocycles. The summed E-state index contributed by atoms with van der Waals surface area (Å²) in [6.45, 7) is 5.92. The zero-order chi connectivity index (χ0) is 14.0. The van der Waals surface area contributed by atoms with Gasteiger partial charge in [-0.3, -0.25) is 4.98 Å². The van der Waals surface area contributed by atoms with Crippen molar-refractivity contribution in [2.45, 2.75) is 38.6 Å². The smallest absolute Gasteiger partial charge is 0.387 e. The highest BCUT2D eigenvalue weighted by Crippen LogP contribution is 2.28. The van der Waals surface area contributed by atoms with E-state index < -0.39 is 18.0 Å². The topological polar surface area (TPSA) is 45.1 Å². The van der Waals surface area contributed by atoms with Crippen molar-refractivity contribution in [1.82, 2.24) is 10.3 Å². The third-order valence-electron chi connectivity index (χ3n) is 2.28. The van der Waals surface area contributed by atoms with E-state index in [1.54, 1.807) is 0 Å². The molecule has 0 aromatic carbocycles. The molecule has 0 amide bonds. The van der Waals surface area contributed by atoms with Gasteiger partial charge in [-0.1, -0.05) is 0 Å². The first-order valence-corrected chi connectivity index (χ1v) is 5.56. The molecule has 6 heteroatoms. The molecule has 0 radical (unpaired) electrons. The zero-order valence-electron chi connectivity index (χ0n) is 10.5. The molecule has 0 aliphatic carbocycles. The average Bonchev–Trinajstić information content (AvgIpc) is 2.24. The standard InChI is InChI=1S/C12H17F3N2O/c1-11(2,3)17-7-9(18)8-4-5-16-10(6-8)12(13,14)15/h4-6,9,17-18H,7H2,1-3H3/t9-/m1/s1. The lowest BCUT2D eigenvalue weighted by Crippen LogP contribution is -2.38. The lowest BCUT2D eigenvalue weighted by molar-refractivity contribution is -0.141. The van der Waals surface area contributed by atoms with Crippen LogP contribution in [-0.2, 0) is 6.18 Å². The predicted molar refractivity (Wildman–Crippen MR) is 62.0 cm³/mol. The van der Waals surface area contributed by atoms with Crippen LogP contribution in [0.25, 0.3) is 0 Å². The second kappa shape index (κ2) is 5.24. The van der Waals surface area contributed by atoms with Crippen molar-refractivity contribution in [2.75, 3.05) is 6.54 Å². The molecule has 2 N–H and O–H groups in total. The van der Waals surface area contributed by atoms with E-state index in [1.165, 1.54) is 6.07 Å². The molecule has 0 saturated heterocycles. The maximum absolute atomic E-state index is 12.4. The first-order chi connectivity index (χ1) is 8.09. The van der Waals surface area contributed by atoms with Crippen LogP contribution in [-0.4, -0.2) is 22.2 Å². The third kappa shape index (κ3) is 4.62. The Balaban J connectivity index is 2.78. The minimum atomic E-state index is -4.49. The van der Waals surface area contributed by atoms with Gasteiger partial charge >= 0.3 is 6.18 Å². The van der Waals surface area contributed by atoms with Gasteiger partial charge in [0, 0.05) is 18.3 Å². The Labute approximate surface area is 104 Å². The van der Waals surface area contributed by atoms with Gasteiger partial charge in [-0.25, -0.2) is 0 Å². The summed E-state index contributed by atoms with van der Waals surface area (Å²) in [5.74, 6) is 0. The lowest BCUT2D eigenvalue weighted by Gasteiger charge is -2.23. The normalized spacial score (nSPS) is 14.6. The van der Waals surface area contributed by atoms with Crippen molar-refractivity contribution in [2.24, 2.45) is 0 Å². The molecule has 1 aromatic rings. The van der Waals surface area contributed by atoms with E-state index in [9.17, 15) is 18.3 Å². The molecule has 0 bridgehead atoms. The summed E-state index contributed by atoms with van der Waals surface area (Å²) in [5, 5.41) is 12.8. The number of rotatable bonds is 3. The molecule has 0 spiro atoms. The number of pyridine rings is 1. The van der Waals surface area contributed by atoms with E-state index in [1.807, 2.05) is 20.8 Å². The molecule has 1 atom stereocenters. The van der Waals surface area contributed by atoms with Gasteiger partial charge in [-0.2, -0.15) is 13.2 Å². The fourth-order valence-electron chi connectivity index (χ4n) is 1.33. The first-order valence-electron chi connectivity index (χ1n) is 5.56. The zero-order valence-corrected chi connectivity index (χ0v) is 10.5. The fourth-order valence-corrected chi connectivity index (χ4v) is 1.33. The lowest BCUT2D eigenvalue weighted by atomic mass is 10.1. The molecule has 0 aliphatic rings. The van der Waals surface area contributed by atoms with Gasteiger partial charge in [0.2, 0.25) is 0 Å². The monoisotopic (exact) mass is 262 g/mol. The largest absolute Gasteiger partial charge is 0.433 e. The fraction of sp³-hybridized carbons (Fsp3) is 0.583. The summed E-state index contributed by atoms with van der Waals surface area (Å²) < 4.78 is 37.3. The highest BCUT2D eigenvalue weighted by Gasteiger charge is 2.32. The summed E-state index contributed by atoms with van der Waals surface area (Å²) in [6, 6.07) is 2.25. The Morgan fingerprint density at radius 1 is 1.33 bits per heavy atom. The van der Waals surface area contributed by atoms with Crippen molar-refractivity contribution < 1.29 is 18.3 Å². The van der Waals surface area contributed by atoms with E-state index in [0.717, 1.165) is 12.3 Å². The molecule has 102 valence electrons. The number of halogens is 3. The van der Waals surface area contributed by atoms with E-state index in [0.29, 0.717) is 0 Å². The van der Waals surface area contributed by atoms with Gasteiger partial charge in [-0.15, -0.1) is 0 Å². The second-order valence-electron chi connectivity index (χ2n) is 5.12. The summed E-state index contributed by atoms with van der Waals surface area (Å²) in [5.41, 5.74) is -0.996. The minimum Gasteiger partial charge on any atom is -0.387 e. The Hall–Kier alpha value is -1.14. The number of alkyl halides is 3. The molecule has 1 rings (SSSR count). The summed E-state index contributed by atoms with van der Waals surface area (Å²) in [4.78, 5) is 3.25. The van der Waals surface area contributed by atoms with Crippen LogP contribution in [0.2, 0.25) is 0 Å². The van der Waals surface area contributed by atoms with Crippen LogP contribution in [0.4, 0.5) is 13.2 Å². The number of nitrogens with zero attached hydrogens (tertiary/aromatic N) is 1. The van der Waals surface area contributed by atoms with Crippen molar-refractivity contribution in [3.05, 3.63) is 29.6 Å². The third-order valence-corrected chi connectivity index (χ3v) is 2.28. The van der Waals surface area contributed by atoms with Crippen LogP contribution >= 0.6 is 0 Å². The number of aromatic nitrogens is 1. The Morgan fingerprint density at radius 3 is 2.44 bits per heavy atom. The van der Waals surface area contributed by atoms with Gasteiger partial charge in [0.15, 0.2) is 0 Å². The molecule has 1 heterocycles. The highest BCUT2D eigenvalue weighted by atomic mass is 19.4. The Kier molecular flexibility index (Phi) is 4.34. The summed E-state index contributed by atoms with van der Waals surface area (Å²) in [7, 11) is 0. The minimum absolute atomic E-state index is 0.185. The number of nitrogens with one attached hydrogen (secondary N) is 1. The van der Waals surface area contributed by atoms with Crippen molar-refractivity contribution in [3.63, 3.8) is 0 Å².